The Morgan fingerprint density at radius 1 is 1.50 bits per heavy atom. The van der Waals surface area contributed by atoms with Gasteiger partial charge in [-0.3, -0.25) is 9.59 Å². The van der Waals surface area contributed by atoms with Gasteiger partial charge < -0.3 is 10.2 Å². The van der Waals surface area contributed by atoms with Crippen molar-refractivity contribution >= 4 is 23.6 Å². The van der Waals surface area contributed by atoms with Gasteiger partial charge in [0, 0.05) is 25.6 Å². The average Bonchev–Trinajstić information content (AvgIpc) is 2.35. The molecule has 2 rings (SSSR count). The number of piperidine rings is 2. The molecule has 1 N–H and O–H groups in total. The van der Waals surface area contributed by atoms with Crippen LogP contribution in [0.2, 0.25) is 0 Å². The summed E-state index contributed by atoms with van der Waals surface area (Å²) in [4.78, 5) is 25.4. The Hall–Kier alpha value is -0.710. The first-order valence-corrected chi connectivity index (χ1v) is 7.80. The summed E-state index contributed by atoms with van der Waals surface area (Å²) in [7, 11) is 0. The monoisotopic (exact) mass is 270 g/mol. The van der Waals surface area contributed by atoms with Crippen LogP contribution in [-0.4, -0.2) is 46.8 Å². The molecule has 2 aliphatic rings. The van der Waals surface area contributed by atoms with Crippen LogP contribution >= 0.6 is 11.8 Å². The highest BCUT2D eigenvalue weighted by Gasteiger charge is 2.35. The SMILES string of the molecule is CC(C)SCC(=O)N1CCC2NC(=O)CCC2C1. The third kappa shape index (κ3) is 3.40. The van der Waals surface area contributed by atoms with E-state index in [9.17, 15) is 9.59 Å². The first-order chi connectivity index (χ1) is 8.56. The number of hydrogen-bond donors (Lipinski definition) is 1. The van der Waals surface area contributed by atoms with E-state index in [0.29, 0.717) is 29.4 Å². The molecule has 2 amide bonds. The highest BCUT2D eigenvalue weighted by atomic mass is 32.2. The van der Waals surface area contributed by atoms with Gasteiger partial charge in [0.25, 0.3) is 0 Å². The van der Waals surface area contributed by atoms with Crippen LogP contribution in [0.4, 0.5) is 0 Å². The molecule has 0 aromatic carbocycles. The summed E-state index contributed by atoms with van der Waals surface area (Å²) in [5.74, 6) is 1.47. The van der Waals surface area contributed by atoms with Gasteiger partial charge >= 0.3 is 0 Å². The van der Waals surface area contributed by atoms with Gasteiger partial charge in [-0.15, -0.1) is 11.8 Å². The van der Waals surface area contributed by atoms with Crippen LogP contribution in [0.15, 0.2) is 0 Å². The van der Waals surface area contributed by atoms with Crippen LogP contribution in [0.3, 0.4) is 0 Å². The van der Waals surface area contributed by atoms with Gasteiger partial charge in [0.05, 0.1) is 5.75 Å². The summed E-state index contributed by atoms with van der Waals surface area (Å²) >= 11 is 1.70. The van der Waals surface area contributed by atoms with Crippen molar-refractivity contribution in [2.75, 3.05) is 18.8 Å². The first kappa shape index (κ1) is 13.7. The van der Waals surface area contributed by atoms with Gasteiger partial charge in [-0.2, -0.15) is 0 Å². The summed E-state index contributed by atoms with van der Waals surface area (Å²) < 4.78 is 0. The van der Waals surface area contributed by atoms with E-state index in [-0.39, 0.29) is 11.8 Å². The number of carbonyl (C=O) groups excluding carboxylic acids is 2. The third-order valence-corrected chi connectivity index (χ3v) is 4.80. The minimum atomic E-state index is 0.173. The highest BCUT2D eigenvalue weighted by Crippen LogP contribution is 2.25. The molecular weight excluding hydrogens is 248 g/mol. The molecule has 0 spiro atoms. The Morgan fingerprint density at radius 2 is 2.28 bits per heavy atom. The molecule has 2 saturated heterocycles. The van der Waals surface area contributed by atoms with Crippen molar-refractivity contribution in [2.24, 2.45) is 5.92 Å². The Bertz CT molecular complexity index is 333. The van der Waals surface area contributed by atoms with Crippen molar-refractivity contribution in [1.82, 2.24) is 10.2 Å². The van der Waals surface area contributed by atoms with Gasteiger partial charge in [-0.25, -0.2) is 0 Å². The fourth-order valence-electron chi connectivity index (χ4n) is 2.67. The van der Waals surface area contributed by atoms with Crippen molar-refractivity contribution < 1.29 is 9.59 Å². The van der Waals surface area contributed by atoms with Crippen LogP contribution in [0.25, 0.3) is 0 Å². The van der Waals surface area contributed by atoms with E-state index in [1.54, 1.807) is 11.8 Å². The normalized spacial score (nSPS) is 27.9. The molecule has 2 heterocycles. The van der Waals surface area contributed by atoms with E-state index >= 15 is 0 Å². The number of rotatable bonds is 3. The lowest BCUT2D eigenvalue weighted by atomic mass is 9.85. The first-order valence-electron chi connectivity index (χ1n) is 6.75. The van der Waals surface area contributed by atoms with E-state index in [0.717, 1.165) is 25.9 Å². The second-order valence-electron chi connectivity index (χ2n) is 5.46. The lowest BCUT2D eigenvalue weighted by Crippen LogP contribution is -2.55. The third-order valence-electron chi connectivity index (χ3n) is 3.72. The van der Waals surface area contributed by atoms with Crippen molar-refractivity contribution in [3.63, 3.8) is 0 Å². The lowest BCUT2D eigenvalue weighted by Gasteiger charge is -2.41. The molecule has 102 valence electrons. The fraction of sp³-hybridized carbons (Fsp3) is 0.846. The topological polar surface area (TPSA) is 49.4 Å². The van der Waals surface area contributed by atoms with Crippen molar-refractivity contribution in [1.29, 1.82) is 0 Å². The zero-order valence-corrected chi connectivity index (χ0v) is 12.0. The number of carbonyl (C=O) groups is 2. The minimum Gasteiger partial charge on any atom is -0.353 e. The van der Waals surface area contributed by atoms with Crippen molar-refractivity contribution in [2.45, 2.75) is 44.4 Å². The molecule has 18 heavy (non-hydrogen) atoms. The molecule has 5 heteroatoms. The van der Waals surface area contributed by atoms with E-state index in [2.05, 4.69) is 19.2 Å². The number of likely N-dealkylation sites (tertiary alicyclic amines) is 1. The minimum absolute atomic E-state index is 0.173. The predicted octanol–water partition coefficient (Wildman–Crippen LogP) is 1.26. The van der Waals surface area contributed by atoms with Gasteiger partial charge in [-0.05, 0) is 24.0 Å². The Labute approximate surface area is 113 Å². The fourth-order valence-corrected chi connectivity index (χ4v) is 3.32. The average molecular weight is 270 g/mol. The standard InChI is InChI=1S/C13H22N2O2S/c1-9(2)18-8-13(17)15-6-5-11-10(7-15)3-4-12(16)14-11/h9-11H,3-8H2,1-2H3,(H,14,16). The van der Waals surface area contributed by atoms with E-state index in [1.165, 1.54) is 0 Å². The molecule has 2 unspecified atom stereocenters. The Balaban J connectivity index is 1.83. The van der Waals surface area contributed by atoms with E-state index in [4.69, 9.17) is 0 Å². The van der Waals surface area contributed by atoms with Crippen molar-refractivity contribution in [3.05, 3.63) is 0 Å². The molecule has 0 saturated carbocycles. The molecule has 2 atom stereocenters. The molecule has 0 bridgehead atoms. The van der Waals surface area contributed by atoms with Gasteiger partial charge in [0.1, 0.15) is 0 Å². The van der Waals surface area contributed by atoms with Gasteiger partial charge in [0.15, 0.2) is 0 Å². The maximum Gasteiger partial charge on any atom is 0.232 e. The smallest absolute Gasteiger partial charge is 0.232 e. The number of fused-ring (bicyclic) bond motifs is 1. The number of nitrogens with zero attached hydrogens (tertiary/aromatic N) is 1. The molecule has 4 nitrogen and oxygen atoms in total. The Kier molecular flexibility index (Phi) is 4.54. The second kappa shape index (κ2) is 5.95. The second-order valence-corrected chi connectivity index (χ2v) is 7.03. The molecule has 2 aliphatic heterocycles. The molecular formula is C13H22N2O2S. The largest absolute Gasteiger partial charge is 0.353 e. The number of hydrogen-bond acceptors (Lipinski definition) is 3. The van der Waals surface area contributed by atoms with Crippen LogP contribution in [0.5, 0.6) is 0 Å². The predicted molar refractivity (Wildman–Crippen MR) is 73.4 cm³/mol. The van der Waals surface area contributed by atoms with Crippen molar-refractivity contribution in [3.8, 4) is 0 Å². The molecule has 0 aromatic heterocycles. The summed E-state index contributed by atoms with van der Waals surface area (Å²) in [6, 6.07) is 0.299. The zero-order chi connectivity index (χ0) is 13.1. The highest BCUT2D eigenvalue weighted by molar-refractivity contribution is 8.00. The zero-order valence-electron chi connectivity index (χ0n) is 11.1. The summed E-state index contributed by atoms with van der Waals surface area (Å²) in [6.45, 7) is 5.84. The number of amides is 2. The van der Waals surface area contributed by atoms with Crippen LogP contribution in [0.1, 0.15) is 33.1 Å². The maximum atomic E-state index is 12.1. The van der Waals surface area contributed by atoms with E-state index in [1.807, 2.05) is 4.90 Å². The van der Waals surface area contributed by atoms with Crippen LogP contribution < -0.4 is 5.32 Å². The van der Waals surface area contributed by atoms with Crippen LogP contribution in [0, 0.1) is 5.92 Å². The van der Waals surface area contributed by atoms with Gasteiger partial charge in [-0.1, -0.05) is 13.8 Å². The maximum absolute atomic E-state index is 12.1. The molecule has 0 aromatic rings. The molecule has 0 radical (unpaired) electrons. The molecule has 2 fully saturated rings. The van der Waals surface area contributed by atoms with Crippen LogP contribution in [-0.2, 0) is 9.59 Å². The quantitative estimate of drug-likeness (QED) is 0.840. The number of nitrogens with one attached hydrogen (secondary N) is 1. The van der Waals surface area contributed by atoms with E-state index < -0.39 is 0 Å². The summed E-state index contributed by atoms with van der Waals surface area (Å²) in [6.07, 6.45) is 2.45. The Morgan fingerprint density at radius 3 is 3.00 bits per heavy atom. The summed E-state index contributed by atoms with van der Waals surface area (Å²) in [5, 5.41) is 3.55. The molecule has 0 aliphatic carbocycles. The summed E-state index contributed by atoms with van der Waals surface area (Å²) in [5.41, 5.74) is 0. The lowest BCUT2D eigenvalue weighted by molar-refractivity contribution is -0.132. The number of thioether (sulfide) groups is 1. The van der Waals surface area contributed by atoms with Gasteiger partial charge in [0.2, 0.25) is 11.8 Å².